The molecule has 0 radical (unpaired) electrons. The van der Waals surface area contributed by atoms with E-state index in [9.17, 15) is 4.79 Å². The normalized spacial score (nSPS) is 23.4. The Morgan fingerprint density at radius 3 is 1.76 bits per heavy atom. The van der Waals surface area contributed by atoms with Crippen LogP contribution in [0.4, 0.5) is 0 Å². The maximum atomic E-state index is 13.1. The molecular weight excluding hydrogens is 416 g/mol. The van der Waals surface area contributed by atoms with Gasteiger partial charge in [-0.1, -0.05) is 78.9 Å². The Morgan fingerprint density at radius 1 is 0.794 bits per heavy atom. The molecule has 2 heterocycles. The van der Waals surface area contributed by atoms with Crippen molar-refractivity contribution in [3.63, 3.8) is 0 Å². The zero-order valence-electron chi connectivity index (χ0n) is 20.5. The molecule has 3 heteroatoms. The predicted octanol–water partition coefficient (Wildman–Crippen LogP) is 5.81. The van der Waals surface area contributed by atoms with Gasteiger partial charge in [-0.2, -0.15) is 0 Å². The van der Waals surface area contributed by atoms with Crippen LogP contribution in [-0.2, 0) is 5.41 Å². The van der Waals surface area contributed by atoms with Gasteiger partial charge < -0.3 is 9.80 Å². The van der Waals surface area contributed by atoms with Crippen LogP contribution in [0.3, 0.4) is 0 Å². The molecule has 2 fully saturated rings. The van der Waals surface area contributed by atoms with Gasteiger partial charge in [0, 0.05) is 43.2 Å². The van der Waals surface area contributed by atoms with Crippen LogP contribution in [0, 0.1) is 5.92 Å². The zero-order chi connectivity index (χ0) is 23.6. The number of quaternary nitrogens is 1. The molecule has 2 bridgehead atoms. The van der Waals surface area contributed by atoms with Crippen LogP contribution in [0.2, 0.25) is 0 Å². The van der Waals surface area contributed by atoms with Crippen LogP contribution < -0.4 is 5.32 Å². The molecule has 2 aliphatic heterocycles. The molecule has 3 nitrogen and oxygen atoms in total. The second-order valence-electron chi connectivity index (χ2n) is 10.9. The van der Waals surface area contributed by atoms with Crippen LogP contribution in [0.1, 0.15) is 53.6 Å². The van der Waals surface area contributed by atoms with Crippen LogP contribution in [0.25, 0.3) is 0 Å². The smallest absolute Gasteiger partial charge is 0.251 e. The quantitative estimate of drug-likeness (QED) is 0.450. The highest BCUT2D eigenvalue weighted by molar-refractivity contribution is 5.94. The number of carbonyl (C=O) groups excluding carboxylic acids is 1. The summed E-state index contributed by atoms with van der Waals surface area (Å²) in [5.74, 6) is 0.649. The second-order valence-corrected chi connectivity index (χ2v) is 10.9. The lowest BCUT2D eigenvalue weighted by atomic mass is 9.66. The van der Waals surface area contributed by atoms with Gasteiger partial charge >= 0.3 is 0 Å². The maximum Gasteiger partial charge on any atom is 0.251 e. The number of nitrogens with zero attached hydrogens (tertiary/aromatic N) is 1. The second kappa shape index (κ2) is 9.38. The van der Waals surface area contributed by atoms with E-state index in [-0.39, 0.29) is 11.3 Å². The largest absolute Gasteiger partial charge is 0.351 e. The number of hydrogen-bond acceptors (Lipinski definition) is 1. The highest BCUT2D eigenvalue weighted by atomic mass is 16.1. The number of nitrogens with one attached hydrogen (secondary N) is 1. The predicted molar refractivity (Wildman–Crippen MR) is 139 cm³/mol. The molecule has 3 aromatic rings. The highest BCUT2D eigenvalue weighted by Gasteiger charge is 2.50. The SMILES string of the molecule is C[N+]1(C)[C@@H]2CC[C@H]1CC(CC(CNC(=O)c1ccccc1)(c1ccccc1)c1ccccc1)C2. The molecule has 3 aromatic carbocycles. The van der Waals surface area contributed by atoms with E-state index in [0.717, 1.165) is 18.5 Å². The van der Waals surface area contributed by atoms with E-state index in [0.29, 0.717) is 18.0 Å². The first-order chi connectivity index (χ1) is 16.5. The van der Waals surface area contributed by atoms with Crippen molar-refractivity contribution < 1.29 is 9.28 Å². The standard InChI is InChI=1S/C31H36N2O/c1-33(2)28-18-19-29(33)21-24(20-28)22-31(26-14-8-4-9-15-26,27-16-10-5-11-17-27)23-32-30(34)25-12-6-3-7-13-25/h3-17,24,28-29H,18-23H2,1-2H3/p+1/t24?,28-,29+. The van der Waals surface area contributed by atoms with Crippen molar-refractivity contribution in [1.29, 1.82) is 0 Å². The van der Waals surface area contributed by atoms with Gasteiger partial charge in [0.1, 0.15) is 0 Å². The minimum Gasteiger partial charge on any atom is -0.351 e. The molecule has 3 atom stereocenters. The van der Waals surface area contributed by atoms with Gasteiger partial charge in [-0.05, 0) is 35.6 Å². The van der Waals surface area contributed by atoms with Crippen molar-refractivity contribution in [1.82, 2.24) is 5.32 Å². The topological polar surface area (TPSA) is 29.1 Å². The van der Waals surface area contributed by atoms with Crippen LogP contribution in [-0.4, -0.2) is 43.1 Å². The summed E-state index contributed by atoms with van der Waals surface area (Å²) in [6.07, 6.45) is 6.31. The monoisotopic (exact) mass is 453 g/mol. The Kier molecular flexibility index (Phi) is 6.31. The summed E-state index contributed by atoms with van der Waals surface area (Å²) < 4.78 is 1.19. The molecule has 2 aliphatic rings. The number of fused-ring (bicyclic) bond motifs is 2. The number of hydrogen-bond donors (Lipinski definition) is 1. The molecule has 176 valence electrons. The van der Waals surface area contributed by atoms with Crippen molar-refractivity contribution in [2.75, 3.05) is 20.6 Å². The van der Waals surface area contributed by atoms with E-state index >= 15 is 0 Å². The fourth-order valence-corrected chi connectivity index (χ4v) is 6.77. The average Bonchev–Trinajstić information content (AvgIpc) is 3.03. The summed E-state index contributed by atoms with van der Waals surface area (Å²) in [5, 5.41) is 3.34. The van der Waals surface area contributed by atoms with Gasteiger partial charge in [-0.3, -0.25) is 4.79 Å². The molecule has 1 N–H and O–H groups in total. The summed E-state index contributed by atoms with van der Waals surface area (Å²) in [6.45, 7) is 0.596. The lowest BCUT2D eigenvalue weighted by Crippen LogP contribution is -2.55. The first kappa shape index (κ1) is 22.9. The molecule has 2 saturated heterocycles. The number of amides is 1. The van der Waals surface area contributed by atoms with Crippen LogP contribution in [0.15, 0.2) is 91.0 Å². The molecule has 1 amide bonds. The van der Waals surface area contributed by atoms with E-state index in [2.05, 4.69) is 80.1 Å². The lowest BCUT2D eigenvalue weighted by Gasteiger charge is -2.47. The van der Waals surface area contributed by atoms with E-state index in [1.165, 1.54) is 41.3 Å². The number of carbonyl (C=O) groups is 1. The van der Waals surface area contributed by atoms with Gasteiger partial charge in [0.2, 0.25) is 0 Å². The summed E-state index contributed by atoms with van der Waals surface area (Å²) in [6, 6.07) is 32.8. The summed E-state index contributed by atoms with van der Waals surface area (Å²) in [5.41, 5.74) is 3.04. The Bertz CT molecular complexity index is 1040. The fourth-order valence-electron chi connectivity index (χ4n) is 6.77. The Labute approximate surface area is 204 Å². The number of piperidine rings is 1. The van der Waals surface area contributed by atoms with Crippen molar-refractivity contribution in [2.24, 2.45) is 5.92 Å². The van der Waals surface area contributed by atoms with E-state index in [1.54, 1.807) is 0 Å². The highest BCUT2D eigenvalue weighted by Crippen LogP contribution is 2.47. The van der Waals surface area contributed by atoms with Crippen molar-refractivity contribution >= 4 is 5.91 Å². The summed E-state index contributed by atoms with van der Waals surface area (Å²) in [7, 11) is 4.86. The molecule has 34 heavy (non-hydrogen) atoms. The van der Waals surface area contributed by atoms with E-state index in [4.69, 9.17) is 0 Å². The zero-order valence-corrected chi connectivity index (χ0v) is 20.5. The van der Waals surface area contributed by atoms with Gasteiger partial charge in [-0.15, -0.1) is 0 Å². The van der Waals surface area contributed by atoms with Crippen molar-refractivity contribution in [2.45, 2.75) is 49.6 Å². The third kappa shape index (κ3) is 4.30. The van der Waals surface area contributed by atoms with Gasteiger partial charge in [-0.25, -0.2) is 0 Å². The molecular formula is C31H37N2O+. The average molecular weight is 454 g/mol. The third-order valence-electron chi connectivity index (χ3n) is 8.80. The first-order valence-corrected chi connectivity index (χ1v) is 12.8. The van der Waals surface area contributed by atoms with Crippen molar-refractivity contribution in [3.8, 4) is 0 Å². The molecule has 0 aromatic heterocycles. The molecule has 1 unspecified atom stereocenters. The summed E-state index contributed by atoms with van der Waals surface area (Å²) in [4.78, 5) is 13.1. The minimum atomic E-state index is -0.258. The number of benzene rings is 3. The van der Waals surface area contributed by atoms with Gasteiger partial charge in [0.15, 0.2) is 0 Å². The lowest BCUT2D eigenvalue weighted by molar-refractivity contribution is -0.931. The molecule has 0 saturated carbocycles. The fraction of sp³-hybridized carbons (Fsp3) is 0.387. The first-order valence-electron chi connectivity index (χ1n) is 12.8. The maximum absolute atomic E-state index is 13.1. The molecule has 5 rings (SSSR count). The summed E-state index contributed by atoms with van der Waals surface area (Å²) >= 11 is 0. The van der Waals surface area contributed by atoms with Crippen LogP contribution >= 0.6 is 0 Å². The van der Waals surface area contributed by atoms with Gasteiger partial charge in [0.05, 0.1) is 26.2 Å². The Hall–Kier alpha value is -2.91. The molecule has 0 spiro atoms. The Balaban J connectivity index is 1.50. The van der Waals surface area contributed by atoms with Crippen LogP contribution in [0.5, 0.6) is 0 Å². The number of rotatable bonds is 7. The molecule has 0 aliphatic carbocycles. The van der Waals surface area contributed by atoms with E-state index in [1.807, 2.05) is 30.3 Å². The van der Waals surface area contributed by atoms with Crippen molar-refractivity contribution in [3.05, 3.63) is 108 Å². The van der Waals surface area contributed by atoms with Gasteiger partial charge in [0.25, 0.3) is 5.91 Å². The third-order valence-corrected chi connectivity index (χ3v) is 8.80. The Morgan fingerprint density at radius 2 is 1.26 bits per heavy atom. The minimum absolute atomic E-state index is 0.00153. The van der Waals surface area contributed by atoms with E-state index < -0.39 is 0 Å².